The van der Waals surface area contributed by atoms with Gasteiger partial charge in [0.25, 0.3) is 0 Å². The monoisotopic (exact) mass is 507 g/mol. The maximum Gasteiger partial charge on any atom is 0.508 e. The molecule has 0 rings (SSSR count). The number of carboxylic acid groups (broad SMARTS) is 1. The van der Waals surface area contributed by atoms with Crippen molar-refractivity contribution in [3.05, 3.63) is 0 Å². The van der Waals surface area contributed by atoms with Crippen LogP contribution in [0.25, 0.3) is 0 Å². The second-order valence-corrected chi connectivity index (χ2v) is 10.7. The first kappa shape index (κ1) is 31.6. The van der Waals surface area contributed by atoms with Crippen LogP contribution in [0.4, 0.5) is 4.79 Å². The lowest BCUT2D eigenvalue weighted by molar-refractivity contribution is -0.873. The van der Waals surface area contributed by atoms with Gasteiger partial charge in [-0.2, -0.15) is 0 Å². The van der Waals surface area contributed by atoms with Gasteiger partial charge in [-0.15, -0.1) is 0 Å². The predicted molar refractivity (Wildman–Crippen MR) is 122 cm³/mol. The summed E-state index contributed by atoms with van der Waals surface area (Å²) in [5.74, 6) is -1.99. The van der Waals surface area contributed by atoms with Gasteiger partial charge in [0.2, 0.25) is 11.8 Å². The van der Waals surface area contributed by atoms with Gasteiger partial charge < -0.3 is 39.6 Å². The first-order chi connectivity index (χ1) is 15.5. The maximum absolute atomic E-state index is 12.2. The molecule has 0 saturated carbocycles. The van der Waals surface area contributed by atoms with Crippen LogP contribution in [0.15, 0.2) is 0 Å². The Kier molecular flexibility index (Phi) is 13.8. The van der Waals surface area contributed by atoms with E-state index in [4.69, 9.17) is 9.47 Å². The Labute approximate surface area is 204 Å². The number of carbonyl (C=O) groups excluding carboxylic acids is 5. The van der Waals surface area contributed by atoms with Gasteiger partial charge in [0.15, 0.2) is 11.2 Å². The highest BCUT2D eigenvalue weighted by molar-refractivity contribution is 8.13. The van der Waals surface area contributed by atoms with E-state index < -0.39 is 42.1 Å². The van der Waals surface area contributed by atoms with Crippen molar-refractivity contribution >= 4 is 40.8 Å². The molecule has 0 bridgehead atoms. The highest BCUT2D eigenvalue weighted by Crippen LogP contribution is 2.22. The number of hydrogen-bond donors (Lipinski definition) is 3. The van der Waals surface area contributed by atoms with Gasteiger partial charge in [-0.05, 0) is 0 Å². The average Bonchev–Trinajstić information content (AvgIpc) is 2.67. The molecule has 0 aromatic rings. The summed E-state index contributed by atoms with van der Waals surface area (Å²) < 4.78 is 10.4. The molecule has 0 aliphatic carbocycles. The number of likely N-dealkylation sites (N-methyl/N-ethyl adjacent to an activating group) is 1. The quantitative estimate of drug-likeness (QED) is 0.137. The summed E-state index contributed by atoms with van der Waals surface area (Å²) in [4.78, 5) is 57.7. The molecule has 34 heavy (non-hydrogen) atoms. The van der Waals surface area contributed by atoms with Crippen LogP contribution in [0.3, 0.4) is 0 Å². The fraction of sp³-hybridized carbons (Fsp3) is 0.762. The summed E-state index contributed by atoms with van der Waals surface area (Å²) in [7, 11) is 5.39. The van der Waals surface area contributed by atoms with E-state index in [2.05, 4.69) is 10.6 Å². The lowest BCUT2D eigenvalue weighted by Crippen LogP contribution is -2.47. The summed E-state index contributed by atoms with van der Waals surface area (Å²) in [6.07, 6.45) is -4.16. The Bertz CT molecular complexity index is 723. The van der Waals surface area contributed by atoms with Crippen LogP contribution in [0.2, 0.25) is 0 Å². The molecule has 13 heteroatoms. The molecule has 0 saturated heterocycles. The zero-order valence-electron chi connectivity index (χ0n) is 20.7. The molecule has 0 heterocycles. The Hall–Kier alpha value is -2.38. The van der Waals surface area contributed by atoms with Crippen LogP contribution in [-0.2, 0) is 28.7 Å². The minimum absolute atomic E-state index is 0.0153. The lowest BCUT2D eigenvalue weighted by Gasteiger charge is -2.30. The van der Waals surface area contributed by atoms with Crippen LogP contribution in [0, 0.1) is 5.41 Å². The lowest BCUT2D eigenvalue weighted by atomic mass is 9.87. The topological polar surface area (TPSA) is 171 Å². The van der Waals surface area contributed by atoms with Crippen molar-refractivity contribution in [3.63, 3.8) is 0 Å². The van der Waals surface area contributed by atoms with Gasteiger partial charge in [-0.1, -0.05) is 25.6 Å². The number of aliphatic carboxylic acids is 1. The van der Waals surface area contributed by atoms with E-state index in [-0.39, 0.29) is 37.1 Å². The van der Waals surface area contributed by atoms with Crippen LogP contribution in [0.5, 0.6) is 0 Å². The number of nitrogens with one attached hydrogen (secondary N) is 2. The first-order valence-corrected chi connectivity index (χ1v) is 11.7. The number of hydrogen-bond acceptors (Lipinski definition) is 10. The largest absolute Gasteiger partial charge is 0.550 e. The molecule has 0 unspecified atom stereocenters. The number of nitrogens with zero attached hydrogens (tertiary/aromatic N) is 1. The Morgan fingerprint density at radius 1 is 1.09 bits per heavy atom. The van der Waals surface area contributed by atoms with E-state index >= 15 is 0 Å². The normalized spacial score (nSPS) is 13.4. The molecule has 0 spiro atoms. The molecule has 0 aliphatic rings. The van der Waals surface area contributed by atoms with Crippen LogP contribution in [-0.4, -0.2) is 104 Å². The highest BCUT2D eigenvalue weighted by atomic mass is 32.2. The van der Waals surface area contributed by atoms with Crippen molar-refractivity contribution in [3.8, 4) is 0 Å². The Morgan fingerprint density at radius 3 is 2.24 bits per heavy atom. The summed E-state index contributed by atoms with van der Waals surface area (Å²) >= 11 is 1.09. The zero-order chi connectivity index (χ0) is 26.5. The molecule has 0 radical (unpaired) electrons. The van der Waals surface area contributed by atoms with E-state index in [0.717, 1.165) is 11.8 Å². The Balaban J connectivity index is 4.51. The molecule has 12 nitrogen and oxygen atoms in total. The number of carbonyl (C=O) groups is 5. The van der Waals surface area contributed by atoms with E-state index in [0.29, 0.717) is 16.8 Å². The van der Waals surface area contributed by atoms with E-state index in [9.17, 15) is 34.2 Å². The molecular formula is C21H37N3O9S. The van der Waals surface area contributed by atoms with Gasteiger partial charge in [-0.3, -0.25) is 14.4 Å². The van der Waals surface area contributed by atoms with Gasteiger partial charge >= 0.3 is 6.16 Å². The number of aliphatic hydroxyl groups is 1. The summed E-state index contributed by atoms with van der Waals surface area (Å²) in [5.41, 5.74) is -1.20. The molecular weight excluding hydrogens is 470 g/mol. The smallest absolute Gasteiger partial charge is 0.508 e. The van der Waals surface area contributed by atoms with Crippen molar-refractivity contribution in [1.29, 1.82) is 0 Å². The molecule has 0 aliphatic heterocycles. The van der Waals surface area contributed by atoms with Crippen molar-refractivity contribution in [1.82, 2.24) is 10.6 Å². The number of aliphatic hydroxyl groups excluding tert-OH is 1. The van der Waals surface area contributed by atoms with Gasteiger partial charge in [-0.25, -0.2) is 4.79 Å². The van der Waals surface area contributed by atoms with Crippen molar-refractivity contribution in [2.75, 3.05) is 53.1 Å². The minimum atomic E-state index is -1.56. The molecule has 0 aromatic heterocycles. The fourth-order valence-electron chi connectivity index (χ4n) is 2.66. The van der Waals surface area contributed by atoms with Gasteiger partial charge in [0, 0.05) is 50.0 Å². The number of ether oxygens (including phenoxy) is 2. The highest BCUT2D eigenvalue weighted by Gasteiger charge is 2.35. The molecule has 2 atom stereocenters. The number of thioether (sulfide) groups is 1. The number of quaternary nitrogens is 1. The zero-order valence-corrected chi connectivity index (χ0v) is 21.5. The molecule has 0 fully saturated rings. The van der Waals surface area contributed by atoms with Crippen molar-refractivity contribution in [2.24, 2.45) is 5.41 Å². The third-order valence-corrected chi connectivity index (χ3v) is 5.15. The van der Waals surface area contributed by atoms with Crippen LogP contribution < -0.4 is 15.7 Å². The predicted octanol–water partition coefficient (Wildman–Crippen LogP) is -1.36. The second kappa shape index (κ2) is 14.8. The Morgan fingerprint density at radius 2 is 1.71 bits per heavy atom. The SMILES string of the molecule is CC(=O)SCCNC(=O)CCNC(=O)[C@H](O)C(C)(C)COC(=O)O[C@H](CC(=O)[O-])C[N+](C)(C)C. The van der Waals surface area contributed by atoms with Crippen molar-refractivity contribution in [2.45, 2.75) is 45.8 Å². The number of amides is 2. The summed E-state index contributed by atoms with van der Waals surface area (Å²) in [6.45, 7) is 4.55. The fourth-order valence-corrected chi connectivity index (χ4v) is 3.15. The third kappa shape index (κ3) is 15.5. The van der Waals surface area contributed by atoms with E-state index in [1.54, 1.807) is 21.1 Å². The van der Waals surface area contributed by atoms with Gasteiger partial charge in [0.1, 0.15) is 19.3 Å². The maximum atomic E-state index is 12.2. The number of carboxylic acids is 1. The second-order valence-electron chi connectivity index (χ2n) is 9.45. The molecule has 3 N–H and O–H groups in total. The molecule has 0 aromatic carbocycles. The van der Waals surface area contributed by atoms with Gasteiger partial charge in [0.05, 0.1) is 21.1 Å². The average molecular weight is 508 g/mol. The van der Waals surface area contributed by atoms with E-state index in [1.165, 1.54) is 20.8 Å². The first-order valence-electron chi connectivity index (χ1n) is 10.7. The molecule has 2 amide bonds. The summed E-state index contributed by atoms with van der Waals surface area (Å²) in [6, 6.07) is 0. The van der Waals surface area contributed by atoms with Crippen molar-refractivity contribution < 1.29 is 48.1 Å². The third-order valence-electron chi connectivity index (χ3n) is 4.34. The number of rotatable bonds is 15. The van der Waals surface area contributed by atoms with Crippen LogP contribution >= 0.6 is 11.8 Å². The molecule has 196 valence electrons. The van der Waals surface area contributed by atoms with E-state index in [1.807, 2.05) is 0 Å². The standard InChI is InChI=1S/C21H37N3O9S/c1-14(25)34-10-9-22-16(26)7-8-23-19(30)18(29)21(2,3)13-32-20(31)33-15(11-17(27)28)12-24(4,5)6/h15,18,29H,7-13H2,1-6H3,(H2-,22,23,26,27,28,30)/t15-,18+/m1/s1. The summed E-state index contributed by atoms with van der Waals surface area (Å²) in [5, 5.41) is 26.2. The van der Waals surface area contributed by atoms with Crippen LogP contribution in [0.1, 0.15) is 33.6 Å². The minimum Gasteiger partial charge on any atom is -0.550 e.